The van der Waals surface area contributed by atoms with Crippen molar-refractivity contribution in [3.05, 3.63) is 35.3 Å². The molecule has 6 nitrogen and oxygen atoms in total. The third-order valence-electron chi connectivity index (χ3n) is 3.97. The van der Waals surface area contributed by atoms with E-state index in [1.54, 1.807) is 6.20 Å². The van der Waals surface area contributed by atoms with E-state index in [9.17, 15) is 4.79 Å². The summed E-state index contributed by atoms with van der Waals surface area (Å²) in [6.45, 7) is 1.58. The van der Waals surface area contributed by atoms with Crippen LogP contribution < -0.4 is 14.2 Å². The summed E-state index contributed by atoms with van der Waals surface area (Å²) in [4.78, 5) is 18.4. The Hall–Kier alpha value is -2.28. The Bertz CT molecular complexity index is 704. The van der Waals surface area contributed by atoms with Gasteiger partial charge in [-0.05, 0) is 17.7 Å². The van der Waals surface area contributed by atoms with Crippen molar-refractivity contribution in [2.45, 2.75) is 18.9 Å². The molecule has 2 aromatic rings. The van der Waals surface area contributed by atoms with E-state index in [1.165, 1.54) is 11.3 Å². The maximum Gasteiger partial charge on any atom is 0.273 e. The van der Waals surface area contributed by atoms with Gasteiger partial charge < -0.3 is 19.1 Å². The van der Waals surface area contributed by atoms with Crippen LogP contribution >= 0.6 is 11.3 Å². The highest BCUT2D eigenvalue weighted by molar-refractivity contribution is 7.11. The van der Waals surface area contributed by atoms with Crippen LogP contribution in [0, 0.1) is 0 Å². The number of hydrogen-bond acceptors (Lipinski definition) is 6. The molecule has 0 N–H and O–H groups in total. The van der Waals surface area contributed by atoms with Crippen molar-refractivity contribution in [1.29, 1.82) is 0 Å². The predicted octanol–water partition coefficient (Wildman–Crippen LogP) is 2.09. The molecule has 1 amide bonds. The van der Waals surface area contributed by atoms with Gasteiger partial charge in [0.15, 0.2) is 11.5 Å². The summed E-state index contributed by atoms with van der Waals surface area (Å²) in [5.74, 6) is 1.55. The Labute approximate surface area is 137 Å². The first-order valence-corrected chi connectivity index (χ1v) is 8.38. The van der Waals surface area contributed by atoms with E-state index in [0.717, 1.165) is 24.3 Å². The number of hydrogen-bond donors (Lipinski definition) is 0. The van der Waals surface area contributed by atoms with Crippen LogP contribution in [-0.4, -0.2) is 41.8 Å². The van der Waals surface area contributed by atoms with Crippen LogP contribution in [0.2, 0.25) is 0 Å². The van der Waals surface area contributed by atoms with Gasteiger partial charge in [-0.2, -0.15) is 0 Å². The van der Waals surface area contributed by atoms with E-state index in [0.29, 0.717) is 23.9 Å². The van der Waals surface area contributed by atoms with E-state index in [-0.39, 0.29) is 18.8 Å². The van der Waals surface area contributed by atoms with Crippen LogP contribution in [0.15, 0.2) is 29.8 Å². The molecule has 2 aliphatic rings. The molecule has 0 saturated carbocycles. The zero-order chi connectivity index (χ0) is 15.6. The van der Waals surface area contributed by atoms with Gasteiger partial charge in [-0.15, -0.1) is 0 Å². The molecule has 3 heterocycles. The normalized spacial score (nSPS) is 19.1. The van der Waals surface area contributed by atoms with Gasteiger partial charge in [-0.3, -0.25) is 4.79 Å². The number of nitrogens with zero attached hydrogens (tertiary/aromatic N) is 2. The highest BCUT2D eigenvalue weighted by atomic mass is 32.1. The molecule has 4 rings (SSSR count). The third kappa shape index (κ3) is 3.10. The molecule has 0 spiro atoms. The molecule has 1 saturated heterocycles. The number of carbonyl (C=O) groups excluding carboxylic acids is 1. The molecule has 1 unspecified atom stereocenters. The molecule has 7 heteroatoms. The summed E-state index contributed by atoms with van der Waals surface area (Å²) >= 11 is 1.47. The smallest absolute Gasteiger partial charge is 0.273 e. The van der Waals surface area contributed by atoms with Crippen LogP contribution in [-0.2, 0) is 11.2 Å². The van der Waals surface area contributed by atoms with Crippen molar-refractivity contribution < 1.29 is 19.0 Å². The Morgan fingerprint density at radius 3 is 3.17 bits per heavy atom. The van der Waals surface area contributed by atoms with E-state index in [4.69, 9.17) is 14.2 Å². The predicted molar refractivity (Wildman–Crippen MR) is 84.0 cm³/mol. The summed E-state index contributed by atoms with van der Waals surface area (Å²) in [6.07, 6.45) is 2.95. The number of fused-ring (bicyclic) bond motifs is 1. The molecule has 2 aliphatic heterocycles. The average molecular weight is 332 g/mol. The highest BCUT2D eigenvalue weighted by Crippen LogP contribution is 2.32. The molecular weight excluding hydrogens is 316 g/mol. The summed E-state index contributed by atoms with van der Waals surface area (Å²) in [5.41, 5.74) is 0.934. The molecular formula is C16H16N2O4S. The zero-order valence-electron chi connectivity index (χ0n) is 12.4. The summed E-state index contributed by atoms with van der Waals surface area (Å²) in [7, 11) is 0. The second-order valence-corrected chi connectivity index (χ2v) is 6.39. The first-order chi connectivity index (χ1) is 11.3. The van der Waals surface area contributed by atoms with Crippen LogP contribution in [0.25, 0.3) is 0 Å². The molecule has 1 fully saturated rings. The summed E-state index contributed by atoms with van der Waals surface area (Å²) in [6, 6.07) is 5.63. The number of likely N-dealkylation sites (tertiary alicyclic amines) is 1. The lowest BCUT2D eigenvalue weighted by Crippen LogP contribution is -2.32. The molecule has 1 atom stereocenters. The summed E-state index contributed by atoms with van der Waals surface area (Å²) < 4.78 is 16.4. The average Bonchev–Trinajstić information content (AvgIpc) is 3.28. The van der Waals surface area contributed by atoms with Crippen LogP contribution in [0.1, 0.15) is 12.0 Å². The number of carbonyl (C=O) groups is 1. The summed E-state index contributed by atoms with van der Waals surface area (Å²) in [5, 5.41) is 2.55. The van der Waals surface area contributed by atoms with Crippen molar-refractivity contribution in [2.75, 3.05) is 19.9 Å². The van der Waals surface area contributed by atoms with Gasteiger partial charge in [0.2, 0.25) is 12.7 Å². The molecule has 23 heavy (non-hydrogen) atoms. The van der Waals surface area contributed by atoms with Gasteiger partial charge in [0, 0.05) is 24.5 Å². The quantitative estimate of drug-likeness (QED) is 0.858. The number of aromatic nitrogens is 1. The Morgan fingerprint density at radius 1 is 1.39 bits per heavy atom. The van der Waals surface area contributed by atoms with Crippen LogP contribution in [0.3, 0.4) is 0 Å². The largest absolute Gasteiger partial charge is 0.465 e. The minimum absolute atomic E-state index is 0.0295. The number of thiazole rings is 1. The van der Waals surface area contributed by atoms with Gasteiger partial charge in [-0.1, -0.05) is 17.4 Å². The fraction of sp³-hybridized carbons (Fsp3) is 0.375. The maximum atomic E-state index is 12.4. The van der Waals surface area contributed by atoms with E-state index >= 15 is 0 Å². The van der Waals surface area contributed by atoms with E-state index in [1.807, 2.05) is 28.5 Å². The van der Waals surface area contributed by atoms with Crippen LogP contribution in [0.4, 0.5) is 0 Å². The lowest BCUT2D eigenvalue weighted by atomic mass is 10.1. The molecule has 1 aromatic carbocycles. The molecule has 0 aliphatic carbocycles. The van der Waals surface area contributed by atoms with Crippen molar-refractivity contribution in [1.82, 2.24) is 9.88 Å². The van der Waals surface area contributed by atoms with Crippen molar-refractivity contribution in [2.24, 2.45) is 0 Å². The van der Waals surface area contributed by atoms with Crippen molar-refractivity contribution in [3.8, 4) is 16.7 Å². The highest BCUT2D eigenvalue weighted by Gasteiger charge is 2.28. The zero-order valence-corrected chi connectivity index (χ0v) is 13.3. The SMILES string of the molecule is O=C(Cc1ccc2c(c1)OCO2)N1CCC(Oc2nccs2)C1. The maximum absolute atomic E-state index is 12.4. The van der Waals surface area contributed by atoms with Gasteiger partial charge in [0.25, 0.3) is 5.19 Å². The first kappa shape index (κ1) is 14.3. The Kier molecular flexibility index (Phi) is 3.78. The minimum Gasteiger partial charge on any atom is -0.465 e. The third-order valence-corrected chi connectivity index (χ3v) is 4.63. The molecule has 0 radical (unpaired) electrons. The van der Waals surface area contributed by atoms with Crippen LogP contribution in [0.5, 0.6) is 16.7 Å². The topological polar surface area (TPSA) is 60.9 Å². The molecule has 120 valence electrons. The second-order valence-electron chi connectivity index (χ2n) is 5.53. The lowest BCUT2D eigenvalue weighted by Gasteiger charge is -2.16. The van der Waals surface area contributed by atoms with Gasteiger partial charge >= 0.3 is 0 Å². The fourth-order valence-electron chi connectivity index (χ4n) is 2.80. The van der Waals surface area contributed by atoms with E-state index in [2.05, 4.69) is 4.98 Å². The fourth-order valence-corrected chi connectivity index (χ4v) is 3.35. The standard InChI is InChI=1S/C16H16N2O4S/c19-15(8-11-1-2-13-14(7-11)21-10-20-13)18-5-3-12(9-18)22-16-17-4-6-23-16/h1-2,4,6-7,12H,3,5,8-10H2. The molecule has 0 bridgehead atoms. The van der Waals surface area contributed by atoms with Gasteiger partial charge in [0.1, 0.15) is 6.10 Å². The number of amides is 1. The Balaban J connectivity index is 1.34. The van der Waals surface area contributed by atoms with Crippen molar-refractivity contribution >= 4 is 17.2 Å². The lowest BCUT2D eigenvalue weighted by molar-refractivity contribution is -0.129. The number of ether oxygens (including phenoxy) is 3. The number of rotatable bonds is 4. The first-order valence-electron chi connectivity index (χ1n) is 7.50. The minimum atomic E-state index is 0.0295. The molecule has 1 aromatic heterocycles. The Morgan fingerprint density at radius 2 is 2.30 bits per heavy atom. The van der Waals surface area contributed by atoms with Crippen molar-refractivity contribution in [3.63, 3.8) is 0 Å². The van der Waals surface area contributed by atoms with E-state index < -0.39 is 0 Å². The number of benzene rings is 1. The monoisotopic (exact) mass is 332 g/mol. The second kappa shape index (κ2) is 6.08. The van der Waals surface area contributed by atoms with Gasteiger partial charge in [0.05, 0.1) is 13.0 Å². The van der Waals surface area contributed by atoms with Gasteiger partial charge in [-0.25, -0.2) is 4.98 Å².